The lowest BCUT2D eigenvalue weighted by atomic mass is 9.70. The molecule has 4 rings (SSSR count). The van der Waals surface area contributed by atoms with E-state index in [-0.39, 0.29) is 23.9 Å². The van der Waals surface area contributed by atoms with E-state index in [0.29, 0.717) is 18.5 Å². The molecule has 37 heavy (non-hydrogen) atoms. The van der Waals surface area contributed by atoms with E-state index in [9.17, 15) is 24.6 Å². The van der Waals surface area contributed by atoms with Crippen molar-refractivity contribution in [2.24, 2.45) is 11.8 Å². The number of nitrogens with zero attached hydrogens (tertiary/aromatic N) is 3. The highest BCUT2D eigenvalue weighted by molar-refractivity contribution is 9.09. The van der Waals surface area contributed by atoms with Crippen molar-refractivity contribution in [2.75, 3.05) is 36.0 Å². The van der Waals surface area contributed by atoms with E-state index in [1.807, 2.05) is 31.2 Å². The van der Waals surface area contributed by atoms with Crippen LogP contribution in [0.4, 0.5) is 11.4 Å². The summed E-state index contributed by atoms with van der Waals surface area (Å²) >= 11 is 3.56. The predicted molar refractivity (Wildman–Crippen MR) is 144 cm³/mol. The van der Waals surface area contributed by atoms with Gasteiger partial charge in [-0.2, -0.15) is 0 Å². The van der Waals surface area contributed by atoms with Crippen LogP contribution in [0.1, 0.15) is 33.6 Å². The maximum Gasteiger partial charge on any atom is 0.310 e. The van der Waals surface area contributed by atoms with E-state index in [0.717, 1.165) is 18.8 Å². The number of fused-ring (bicyclic) bond motifs is 1. The monoisotopic (exact) mass is 577 g/mol. The number of anilines is 2. The van der Waals surface area contributed by atoms with Crippen LogP contribution in [0.25, 0.3) is 0 Å². The van der Waals surface area contributed by atoms with Crippen molar-refractivity contribution >= 4 is 45.1 Å². The molecule has 2 amide bonds. The van der Waals surface area contributed by atoms with Gasteiger partial charge in [-0.3, -0.25) is 14.4 Å². The zero-order valence-electron chi connectivity index (χ0n) is 21.5. The van der Waals surface area contributed by atoms with Crippen molar-refractivity contribution in [3.63, 3.8) is 0 Å². The molecule has 3 heterocycles. The van der Waals surface area contributed by atoms with Crippen molar-refractivity contribution in [3.8, 4) is 0 Å². The highest BCUT2D eigenvalue weighted by atomic mass is 79.9. The Balaban J connectivity index is 1.79. The Labute approximate surface area is 226 Å². The third kappa shape index (κ3) is 4.27. The summed E-state index contributed by atoms with van der Waals surface area (Å²) in [6, 6.07) is 5.95. The number of hydrogen-bond acceptors (Lipinski definition) is 6. The second-order valence-electron chi connectivity index (χ2n) is 9.92. The van der Waals surface area contributed by atoms with Gasteiger partial charge in [0.05, 0.1) is 30.6 Å². The lowest BCUT2D eigenvalue weighted by Gasteiger charge is -2.39. The average molecular weight is 579 g/mol. The first-order valence-corrected chi connectivity index (χ1v) is 13.9. The summed E-state index contributed by atoms with van der Waals surface area (Å²) in [4.78, 5) is 45.4. The number of alkyl halides is 1. The van der Waals surface area contributed by atoms with Crippen LogP contribution in [-0.2, 0) is 19.1 Å². The normalized spacial score (nSPS) is 30.8. The summed E-state index contributed by atoms with van der Waals surface area (Å²) in [6.07, 6.45) is 1.65. The number of ether oxygens (including phenoxy) is 1. The molecule has 1 aromatic carbocycles. The number of rotatable bonds is 11. The number of aliphatic hydroxyl groups is 1. The van der Waals surface area contributed by atoms with Crippen molar-refractivity contribution in [3.05, 3.63) is 36.9 Å². The van der Waals surface area contributed by atoms with Crippen molar-refractivity contribution in [1.82, 2.24) is 4.90 Å². The summed E-state index contributed by atoms with van der Waals surface area (Å²) in [5.74, 6) is -3.99. The van der Waals surface area contributed by atoms with Crippen molar-refractivity contribution in [1.29, 1.82) is 0 Å². The Morgan fingerprint density at radius 1 is 1.24 bits per heavy atom. The third-order valence-corrected chi connectivity index (χ3v) is 9.03. The standard InChI is InChI=1S/C27H36BrN3O6/c1-5-13-30(18-11-9-17(10-12-18)29(7-3)8-4)25(34)23-27-14-19(28)22(37-27)20(26(35)36)21(27)24(33)31(23)16(6-2)15-32/h5,9-12,16,19-23,32H,1,6-8,13-15H2,2-4H3,(H,35,36)/t16-,19?,20+,21-,22+,23+,27-/m0/s1. The topological polar surface area (TPSA) is 111 Å². The molecule has 3 aliphatic rings. The molecule has 2 bridgehead atoms. The van der Waals surface area contributed by atoms with Crippen molar-refractivity contribution in [2.45, 2.75) is 62.2 Å². The number of benzene rings is 1. The lowest BCUT2D eigenvalue weighted by Crippen LogP contribution is -2.59. The van der Waals surface area contributed by atoms with E-state index < -0.39 is 47.5 Å². The average Bonchev–Trinajstić information content (AvgIpc) is 3.48. The number of likely N-dealkylation sites (tertiary alicyclic amines) is 1. The summed E-state index contributed by atoms with van der Waals surface area (Å²) in [6.45, 7) is 11.4. The van der Waals surface area contributed by atoms with Crippen LogP contribution >= 0.6 is 15.9 Å². The van der Waals surface area contributed by atoms with Crippen LogP contribution in [0.15, 0.2) is 36.9 Å². The van der Waals surface area contributed by atoms with Crippen LogP contribution in [0.5, 0.6) is 0 Å². The number of aliphatic carboxylic acids is 1. The fraction of sp³-hybridized carbons (Fsp3) is 0.593. The maximum absolute atomic E-state index is 14.4. The third-order valence-electron chi connectivity index (χ3n) is 8.19. The molecule has 9 nitrogen and oxygen atoms in total. The molecule has 7 atom stereocenters. The molecule has 3 fully saturated rings. The van der Waals surface area contributed by atoms with Crippen LogP contribution in [0, 0.1) is 11.8 Å². The van der Waals surface area contributed by atoms with Gasteiger partial charge >= 0.3 is 5.97 Å². The molecule has 0 radical (unpaired) electrons. The Morgan fingerprint density at radius 2 is 1.86 bits per heavy atom. The van der Waals surface area contributed by atoms with Gasteiger partial charge in [0.1, 0.15) is 11.6 Å². The first-order valence-electron chi connectivity index (χ1n) is 13.0. The van der Waals surface area contributed by atoms with Gasteiger partial charge in [0.15, 0.2) is 0 Å². The minimum atomic E-state index is -1.29. The number of carbonyl (C=O) groups is 3. The molecule has 202 valence electrons. The Kier molecular flexibility index (Phi) is 8.02. The van der Waals surface area contributed by atoms with E-state index in [1.54, 1.807) is 11.0 Å². The molecule has 0 saturated carbocycles. The molecule has 0 aliphatic carbocycles. The van der Waals surface area contributed by atoms with E-state index in [4.69, 9.17) is 4.74 Å². The smallest absolute Gasteiger partial charge is 0.310 e. The van der Waals surface area contributed by atoms with E-state index >= 15 is 0 Å². The first kappa shape index (κ1) is 27.6. The van der Waals surface area contributed by atoms with Gasteiger partial charge in [0.25, 0.3) is 5.91 Å². The second-order valence-corrected chi connectivity index (χ2v) is 11.1. The molecule has 3 saturated heterocycles. The second kappa shape index (κ2) is 10.7. The number of carboxylic acid groups (broad SMARTS) is 1. The molecular weight excluding hydrogens is 542 g/mol. The first-order chi connectivity index (χ1) is 17.7. The lowest BCUT2D eigenvalue weighted by molar-refractivity contribution is -0.150. The van der Waals surface area contributed by atoms with Crippen LogP contribution < -0.4 is 9.80 Å². The van der Waals surface area contributed by atoms with Gasteiger partial charge in [0.2, 0.25) is 5.91 Å². The molecule has 10 heteroatoms. The molecular formula is C27H36BrN3O6. The van der Waals surface area contributed by atoms with Gasteiger partial charge in [-0.05, 0) is 51.0 Å². The van der Waals surface area contributed by atoms with Gasteiger partial charge in [-0.15, -0.1) is 6.58 Å². The number of halogens is 1. The van der Waals surface area contributed by atoms with Crippen LogP contribution in [0.3, 0.4) is 0 Å². The number of amides is 2. The van der Waals surface area contributed by atoms with Gasteiger partial charge in [0, 0.05) is 35.8 Å². The molecule has 1 spiro atoms. The predicted octanol–water partition coefficient (Wildman–Crippen LogP) is 2.66. The number of carboxylic acids is 1. The quantitative estimate of drug-likeness (QED) is 0.307. The van der Waals surface area contributed by atoms with Crippen LogP contribution in [0.2, 0.25) is 0 Å². The highest BCUT2D eigenvalue weighted by Gasteiger charge is 2.77. The Bertz CT molecular complexity index is 1040. The van der Waals surface area contributed by atoms with E-state index in [2.05, 4.69) is 41.3 Å². The number of carbonyl (C=O) groups excluding carboxylic acids is 2. The fourth-order valence-corrected chi connectivity index (χ4v) is 7.41. The summed E-state index contributed by atoms with van der Waals surface area (Å²) in [7, 11) is 0. The Hall–Kier alpha value is -2.43. The molecule has 1 aromatic rings. The maximum atomic E-state index is 14.4. The zero-order valence-corrected chi connectivity index (χ0v) is 23.1. The minimum Gasteiger partial charge on any atom is -0.481 e. The molecule has 0 aromatic heterocycles. The van der Waals surface area contributed by atoms with Gasteiger partial charge < -0.3 is 29.6 Å². The van der Waals surface area contributed by atoms with Gasteiger partial charge in [-0.1, -0.05) is 28.9 Å². The summed E-state index contributed by atoms with van der Waals surface area (Å²) < 4.78 is 6.34. The Morgan fingerprint density at radius 3 is 2.38 bits per heavy atom. The molecule has 2 N–H and O–H groups in total. The minimum absolute atomic E-state index is 0.197. The zero-order chi connectivity index (χ0) is 27.1. The fourth-order valence-electron chi connectivity index (χ4n) is 6.47. The summed E-state index contributed by atoms with van der Waals surface area (Å²) in [5, 5.41) is 20.2. The van der Waals surface area contributed by atoms with E-state index in [1.165, 1.54) is 4.90 Å². The van der Waals surface area contributed by atoms with Crippen LogP contribution in [-0.4, -0.2) is 87.8 Å². The highest BCUT2D eigenvalue weighted by Crippen LogP contribution is 2.60. The van der Waals surface area contributed by atoms with Crippen molar-refractivity contribution < 1.29 is 29.3 Å². The molecule has 3 aliphatic heterocycles. The number of aliphatic hydroxyl groups excluding tert-OH is 1. The molecule has 1 unspecified atom stereocenters. The SMILES string of the molecule is C=CCN(C(=O)[C@H]1N([C@@H](CC)CO)C(=O)[C@@H]2[C@@H](C(=O)O)[C@@H]3O[C@@]21CC3Br)c1ccc(N(CC)CC)cc1. The number of hydrogen-bond donors (Lipinski definition) is 2. The summed E-state index contributed by atoms with van der Waals surface area (Å²) in [5.41, 5.74) is 0.383. The largest absolute Gasteiger partial charge is 0.481 e. The van der Waals surface area contributed by atoms with Gasteiger partial charge in [-0.25, -0.2) is 0 Å².